The molecule has 0 aliphatic rings. The molecule has 124 valence electrons. The van der Waals surface area contributed by atoms with Gasteiger partial charge in [-0.15, -0.1) is 10.2 Å². The third kappa shape index (κ3) is 3.52. The van der Waals surface area contributed by atoms with Crippen molar-refractivity contribution < 1.29 is 12.8 Å². The zero-order chi connectivity index (χ0) is 17.2. The van der Waals surface area contributed by atoms with Gasteiger partial charge >= 0.3 is 0 Å². The van der Waals surface area contributed by atoms with E-state index in [0.29, 0.717) is 11.5 Å². The molecule has 2 aromatic carbocycles. The van der Waals surface area contributed by atoms with Gasteiger partial charge < -0.3 is 4.42 Å². The largest absolute Gasteiger partial charge is 0.419 e. The molecule has 7 heteroatoms. The van der Waals surface area contributed by atoms with Gasteiger partial charge in [0.15, 0.2) is 0 Å². The Kier molecular flexibility index (Phi) is 4.46. The van der Waals surface area contributed by atoms with Crippen LogP contribution in [0.15, 0.2) is 57.8 Å². The van der Waals surface area contributed by atoms with Crippen LogP contribution in [-0.4, -0.2) is 18.6 Å². The zero-order valence-corrected chi connectivity index (χ0v) is 14.2. The number of nitrogens with one attached hydrogen (secondary N) is 1. The number of nitrogens with zero attached hydrogens (tertiary/aromatic N) is 2. The Hall–Kier alpha value is -2.51. The van der Waals surface area contributed by atoms with Crippen LogP contribution in [0.1, 0.15) is 17.0 Å². The van der Waals surface area contributed by atoms with Crippen LogP contribution >= 0.6 is 0 Å². The van der Waals surface area contributed by atoms with Gasteiger partial charge in [0.1, 0.15) is 0 Å². The fraction of sp³-hybridized carbons (Fsp3) is 0.176. The van der Waals surface area contributed by atoms with Crippen molar-refractivity contribution in [1.29, 1.82) is 0 Å². The first kappa shape index (κ1) is 16.4. The van der Waals surface area contributed by atoms with E-state index >= 15 is 0 Å². The first-order valence-electron chi connectivity index (χ1n) is 7.40. The molecule has 24 heavy (non-hydrogen) atoms. The van der Waals surface area contributed by atoms with Crippen molar-refractivity contribution in [3.63, 3.8) is 0 Å². The minimum atomic E-state index is -3.63. The standard InChI is InChI=1S/C17H17N3O3S/c1-12-7-9-14(10-8-12)17-20-19-16(23-17)11-18-24(21,22)15-6-4-3-5-13(15)2/h3-10,18H,11H2,1-2H3. The zero-order valence-electron chi connectivity index (χ0n) is 13.4. The van der Waals surface area contributed by atoms with Crippen molar-refractivity contribution in [3.05, 3.63) is 65.5 Å². The lowest BCUT2D eigenvalue weighted by molar-refractivity contribution is 0.494. The van der Waals surface area contributed by atoms with Gasteiger partial charge in [-0.25, -0.2) is 13.1 Å². The molecule has 0 fully saturated rings. The first-order valence-corrected chi connectivity index (χ1v) is 8.89. The lowest BCUT2D eigenvalue weighted by Crippen LogP contribution is -2.24. The van der Waals surface area contributed by atoms with E-state index in [9.17, 15) is 8.42 Å². The van der Waals surface area contributed by atoms with Gasteiger partial charge in [0.25, 0.3) is 0 Å². The summed E-state index contributed by atoms with van der Waals surface area (Å²) in [4.78, 5) is 0.239. The molecule has 6 nitrogen and oxygen atoms in total. The molecule has 0 bridgehead atoms. The molecule has 1 heterocycles. The molecule has 0 spiro atoms. The van der Waals surface area contributed by atoms with Crippen LogP contribution in [0.25, 0.3) is 11.5 Å². The van der Waals surface area contributed by atoms with Gasteiger partial charge in [0.05, 0.1) is 11.4 Å². The van der Waals surface area contributed by atoms with E-state index in [1.807, 2.05) is 31.2 Å². The van der Waals surface area contributed by atoms with E-state index in [4.69, 9.17) is 4.42 Å². The number of hydrogen-bond acceptors (Lipinski definition) is 5. The van der Waals surface area contributed by atoms with E-state index < -0.39 is 10.0 Å². The predicted octanol–water partition coefficient (Wildman–Crippen LogP) is 2.83. The van der Waals surface area contributed by atoms with E-state index in [-0.39, 0.29) is 17.3 Å². The second-order valence-electron chi connectivity index (χ2n) is 5.46. The average molecular weight is 343 g/mol. The molecule has 0 radical (unpaired) electrons. The molecule has 3 aromatic rings. The number of rotatable bonds is 5. The Morgan fingerprint density at radius 2 is 1.71 bits per heavy atom. The van der Waals surface area contributed by atoms with Crippen molar-refractivity contribution in [2.45, 2.75) is 25.3 Å². The average Bonchev–Trinajstić information content (AvgIpc) is 3.03. The highest BCUT2D eigenvalue weighted by atomic mass is 32.2. The Bertz CT molecular complexity index is 947. The molecule has 0 aliphatic heterocycles. The summed E-state index contributed by atoms with van der Waals surface area (Å²) in [5.74, 6) is 0.572. The highest BCUT2D eigenvalue weighted by Gasteiger charge is 2.17. The van der Waals surface area contributed by atoms with E-state index in [0.717, 1.165) is 11.1 Å². The number of hydrogen-bond donors (Lipinski definition) is 1. The molecule has 0 aliphatic carbocycles. The van der Waals surface area contributed by atoms with E-state index in [1.165, 1.54) is 0 Å². The minimum absolute atomic E-state index is 0.0600. The summed E-state index contributed by atoms with van der Waals surface area (Å²) in [6, 6.07) is 14.4. The maximum absolute atomic E-state index is 12.3. The molecule has 1 aromatic heterocycles. The number of aromatic nitrogens is 2. The lowest BCUT2D eigenvalue weighted by atomic mass is 10.1. The van der Waals surface area contributed by atoms with Gasteiger partial charge in [-0.2, -0.15) is 0 Å². The molecule has 0 amide bonds. The van der Waals surface area contributed by atoms with Crippen molar-refractivity contribution in [2.75, 3.05) is 0 Å². The van der Waals surface area contributed by atoms with Gasteiger partial charge in [0, 0.05) is 5.56 Å². The van der Waals surface area contributed by atoms with Gasteiger partial charge in [-0.05, 0) is 37.6 Å². The second kappa shape index (κ2) is 6.54. The Morgan fingerprint density at radius 3 is 2.42 bits per heavy atom. The van der Waals surface area contributed by atoms with Crippen LogP contribution in [0.4, 0.5) is 0 Å². The van der Waals surface area contributed by atoms with Crippen molar-refractivity contribution >= 4 is 10.0 Å². The fourth-order valence-corrected chi connectivity index (χ4v) is 3.45. The quantitative estimate of drug-likeness (QED) is 0.770. The topological polar surface area (TPSA) is 85.1 Å². The van der Waals surface area contributed by atoms with Crippen molar-refractivity contribution in [2.24, 2.45) is 0 Å². The van der Waals surface area contributed by atoms with Crippen LogP contribution in [0.5, 0.6) is 0 Å². The maximum Gasteiger partial charge on any atom is 0.247 e. The monoisotopic (exact) mass is 343 g/mol. The third-order valence-electron chi connectivity index (χ3n) is 3.56. The molecular formula is C17H17N3O3S. The van der Waals surface area contributed by atoms with Gasteiger partial charge in [-0.1, -0.05) is 35.9 Å². The molecule has 0 atom stereocenters. The second-order valence-corrected chi connectivity index (χ2v) is 7.19. The molecule has 3 rings (SSSR count). The van der Waals surface area contributed by atoms with Crippen molar-refractivity contribution in [3.8, 4) is 11.5 Å². The summed E-state index contributed by atoms with van der Waals surface area (Å²) in [5, 5.41) is 7.85. The summed E-state index contributed by atoms with van der Waals surface area (Å²) < 4.78 is 32.7. The lowest BCUT2D eigenvalue weighted by Gasteiger charge is -2.07. The normalized spacial score (nSPS) is 11.6. The number of aryl methyl sites for hydroxylation is 2. The SMILES string of the molecule is Cc1ccc(-c2nnc(CNS(=O)(=O)c3ccccc3C)o2)cc1. The summed E-state index contributed by atoms with van der Waals surface area (Å²) in [6.45, 7) is 3.68. The molecule has 1 N–H and O–H groups in total. The highest BCUT2D eigenvalue weighted by molar-refractivity contribution is 7.89. The van der Waals surface area contributed by atoms with Crippen LogP contribution < -0.4 is 4.72 Å². The smallest absolute Gasteiger partial charge is 0.247 e. The first-order chi connectivity index (χ1) is 11.5. The fourth-order valence-electron chi connectivity index (χ4n) is 2.23. The Labute approximate surface area is 140 Å². The number of benzene rings is 2. The van der Waals surface area contributed by atoms with Crippen LogP contribution in [0, 0.1) is 13.8 Å². The van der Waals surface area contributed by atoms with Gasteiger partial charge in [0.2, 0.25) is 21.8 Å². The summed E-state index contributed by atoms with van der Waals surface area (Å²) in [5.41, 5.74) is 2.60. The third-order valence-corrected chi connectivity index (χ3v) is 5.12. The van der Waals surface area contributed by atoms with Crippen molar-refractivity contribution in [1.82, 2.24) is 14.9 Å². The summed E-state index contributed by atoms with van der Waals surface area (Å²) in [6.07, 6.45) is 0. The van der Waals surface area contributed by atoms with Crippen LogP contribution in [-0.2, 0) is 16.6 Å². The Morgan fingerprint density at radius 1 is 1.00 bits per heavy atom. The van der Waals surface area contributed by atoms with Gasteiger partial charge in [-0.3, -0.25) is 0 Å². The maximum atomic E-state index is 12.3. The summed E-state index contributed by atoms with van der Waals surface area (Å²) in [7, 11) is -3.63. The highest BCUT2D eigenvalue weighted by Crippen LogP contribution is 2.19. The van der Waals surface area contributed by atoms with E-state index in [2.05, 4.69) is 14.9 Å². The Balaban J connectivity index is 1.74. The molecule has 0 unspecified atom stereocenters. The molecular weight excluding hydrogens is 326 g/mol. The minimum Gasteiger partial charge on any atom is -0.419 e. The predicted molar refractivity (Wildman–Crippen MR) is 89.7 cm³/mol. The number of sulfonamides is 1. The van der Waals surface area contributed by atoms with Crippen LogP contribution in [0.2, 0.25) is 0 Å². The molecule has 0 saturated heterocycles. The van der Waals surface area contributed by atoms with E-state index in [1.54, 1.807) is 31.2 Å². The molecule has 0 saturated carbocycles. The summed E-state index contributed by atoms with van der Waals surface area (Å²) >= 11 is 0. The van der Waals surface area contributed by atoms with Crippen LogP contribution in [0.3, 0.4) is 0 Å².